The van der Waals surface area contributed by atoms with Crippen molar-refractivity contribution >= 4 is 47.0 Å². The average Bonchev–Trinajstić information content (AvgIpc) is 3.16. The van der Waals surface area contributed by atoms with Gasteiger partial charge in [0.1, 0.15) is 18.7 Å². The summed E-state index contributed by atoms with van der Waals surface area (Å²) in [5.74, 6) is 0.221. The molecule has 28 heavy (non-hydrogen) atoms. The maximum absolute atomic E-state index is 12.7. The van der Waals surface area contributed by atoms with Crippen molar-refractivity contribution in [2.24, 2.45) is 5.73 Å². The van der Waals surface area contributed by atoms with E-state index in [4.69, 9.17) is 13.6 Å². The van der Waals surface area contributed by atoms with Crippen LogP contribution >= 0.6 is 11.3 Å². The molecule has 1 saturated heterocycles. The summed E-state index contributed by atoms with van der Waals surface area (Å²) in [7, 11) is 6.07. The molecule has 3 heterocycles. The zero-order chi connectivity index (χ0) is 19.7. The molecule has 0 saturated carbocycles. The summed E-state index contributed by atoms with van der Waals surface area (Å²) in [6.45, 7) is 3.01. The molecule has 2 radical (unpaired) electrons. The Bertz CT molecular complexity index is 1090. The number of rotatable bonds is 4. The third-order valence-corrected chi connectivity index (χ3v) is 5.38. The number of fused-ring (bicyclic) bond motifs is 1. The lowest BCUT2D eigenvalue weighted by molar-refractivity contribution is -0.114. The van der Waals surface area contributed by atoms with Crippen LogP contribution in [-0.4, -0.2) is 61.1 Å². The van der Waals surface area contributed by atoms with E-state index in [-0.39, 0.29) is 23.5 Å². The minimum absolute atomic E-state index is 0.0974. The molecular formula is C17H18BN7O2S. The molecule has 1 fully saturated rings. The van der Waals surface area contributed by atoms with E-state index in [9.17, 15) is 9.59 Å². The predicted molar refractivity (Wildman–Crippen MR) is 111 cm³/mol. The molecule has 3 aromatic rings. The maximum atomic E-state index is 12.7. The van der Waals surface area contributed by atoms with Gasteiger partial charge in [0.2, 0.25) is 10.9 Å². The Morgan fingerprint density at radius 2 is 2.14 bits per heavy atom. The highest BCUT2D eigenvalue weighted by Gasteiger charge is 2.19. The summed E-state index contributed by atoms with van der Waals surface area (Å²) in [4.78, 5) is 31.3. The number of carbonyl (C=O) groups excluding carboxylic acids is 1. The Hall–Kier alpha value is -2.76. The first kappa shape index (κ1) is 18.6. The van der Waals surface area contributed by atoms with Crippen LogP contribution in [0, 0.1) is 0 Å². The second-order valence-corrected chi connectivity index (χ2v) is 7.28. The number of carbonyl (C=O) groups is 1. The van der Waals surface area contributed by atoms with Gasteiger partial charge in [0.15, 0.2) is 0 Å². The number of nitrogens with zero attached hydrogens (tertiary/aromatic N) is 4. The van der Waals surface area contributed by atoms with Gasteiger partial charge in [0, 0.05) is 42.9 Å². The Labute approximate surface area is 166 Å². The summed E-state index contributed by atoms with van der Waals surface area (Å²) < 4.78 is 1.23. The molecule has 0 unspecified atom stereocenters. The van der Waals surface area contributed by atoms with Gasteiger partial charge >= 0.3 is 0 Å². The summed E-state index contributed by atoms with van der Waals surface area (Å²) >= 11 is 1.29. The summed E-state index contributed by atoms with van der Waals surface area (Å²) in [6, 6.07) is 7.18. The largest absolute Gasteiger partial charge is 0.354 e. The number of benzene rings is 1. The molecule has 0 spiro atoms. The Kier molecular flexibility index (Phi) is 5.12. The Morgan fingerprint density at radius 3 is 2.89 bits per heavy atom. The van der Waals surface area contributed by atoms with Crippen LogP contribution in [0.15, 0.2) is 29.1 Å². The van der Waals surface area contributed by atoms with E-state index in [1.807, 2.05) is 11.0 Å². The van der Waals surface area contributed by atoms with Gasteiger partial charge in [-0.1, -0.05) is 23.5 Å². The SMILES string of the molecule is [B]c1c(N2CCNCC2)nc2sc(-c3cccc(NC(=O)CN)c3)nn2c1=O. The molecule has 142 valence electrons. The van der Waals surface area contributed by atoms with Crippen LogP contribution in [-0.2, 0) is 4.79 Å². The molecule has 1 aliphatic heterocycles. The average molecular weight is 395 g/mol. The van der Waals surface area contributed by atoms with Gasteiger partial charge in [-0.3, -0.25) is 9.59 Å². The molecular weight excluding hydrogens is 377 g/mol. The van der Waals surface area contributed by atoms with Gasteiger partial charge in [-0.25, -0.2) is 4.98 Å². The normalized spacial score (nSPS) is 14.4. The number of piperazine rings is 1. The van der Waals surface area contributed by atoms with Crippen molar-refractivity contribution in [3.63, 3.8) is 0 Å². The standard InChI is InChI=1S/C17H18BN7O2S/c18-13-14(24-6-4-20-5-7-24)22-17-25(16(13)27)23-15(28-17)10-2-1-3-11(8-10)21-12(26)9-19/h1-3,8,20H,4-7,9,19H2,(H,21,26). The van der Waals surface area contributed by atoms with Crippen molar-refractivity contribution in [2.75, 3.05) is 42.9 Å². The predicted octanol–water partition coefficient (Wildman–Crippen LogP) is -1.08. The first-order valence-electron chi connectivity index (χ1n) is 8.82. The van der Waals surface area contributed by atoms with E-state index in [0.717, 1.165) is 31.7 Å². The van der Waals surface area contributed by atoms with E-state index >= 15 is 0 Å². The van der Waals surface area contributed by atoms with Crippen LogP contribution in [0.3, 0.4) is 0 Å². The number of amides is 1. The van der Waals surface area contributed by atoms with Crippen molar-refractivity contribution in [3.8, 4) is 10.6 Å². The lowest BCUT2D eigenvalue weighted by Gasteiger charge is -2.29. The number of hydrogen-bond acceptors (Lipinski definition) is 8. The topological polar surface area (TPSA) is 118 Å². The van der Waals surface area contributed by atoms with Crippen molar-refractivity contribution in [1.29, 1.82) is 0 Å². The lowest BCUT2D eigenvalue weighted by Crippen LogP contribution is -2.48. The molecule has 4 rings (SSSR count). The minimum Gasteiger partial charge on any atom is -0.354 e. The second-order valence-electron chi connectivity index (χ2n) is 6.33. The molecule has 1 amide bonds. The van der Waals surface area contributed by atoms with E-state index in [1.165, 1.54) is 15.9 Å². The van der Waals surface area contributed by atoms with Gasteiger partial charge in [0.05, 0.1) is 6.54 Å². The molecule has 0 bridgehead atoms. The first-order chi connectivity index (χ1) is 13.6. The van der Waals surface area contributed by atoms with Crippen molar-refractivity contribution in [2.45, 2.75) is 0 Å². The zero-order valence-electron chi connectivity index (χ0n) is 15.0. The van der Waals surface area contributed by atoms with Gasteiger partial charge < -0.3 is 21.3 Å². The highest BCUT2D eigenvalue weighted by molar-refractivity contribution is 7.19. The maximum Gasteiger partial charge on any atom is 0.270 e. The number of nitrogens with two attached hydrogens (primary N) is 1. The van der Waals surface area contributed by atoms with Crippen LogP contribution in [0.1, 0.15) is 0 Å². The van der Waals surface area contributed by atoms with E-state index < -0.39 is 0 Å². The van der Waals surface area contributed by atoms with Gasteiger partial charge in [0.25, 0.3) is 5.56 Å². The molecule has 1 aliphatic rings. The first-order valence-corrected chi connectivity index (χ1v) is 9.64. The van der Waals surface area contributed by atoms with Crippen molar-refractivity contribution in [1.82, 2.24) is 19.9 Å². The number of hydrogen-bond donors (Lipinski definition) is 3. The lowest BCUT2D eigenvalue weighted by atomic mass is 9.98. The highest BCUT2D eigenvalue weighted by atomic mass is 32.1. The van der Waals surface area contributed by atoms with E-state index in [1.54, 1.807) is 18.2 Å². The highest BCUT2D eigenvalue weighted by Crippen LogP contribution is 2.27. The molecule has 1 aromatic carbocycles. The summed E-state index contributed by atoms with van der Waals surface area (Å²) in [5.41, 5.74) is 6.42. The fourth-order valence-corrected chi connectivity index (χ4v) is 3.91. The van der Waals surface area contributed by atoms with E-state index in [2.05, 4.69) is 20.7 Å². The van der Waals surface area contributed by atoms with Gasteiger partial charge in [-0.2, -0.15) is 9.61 Å². The smallest absolute Gasteiger partial charge is 0.270 e. The number of anilines is 2. The van der Waals surface area contributed by atoms with Gasteiger partial charge in [-0.15, -0.1) is 0 Å². The molecule has 9 nitrogen and oxygen atoms in total. The Balaban J connectivity index is 1.74. The van der Waals surface area contributed by atoms with Crippen LogP contribution in [0.5, 0.6) is 0 Å². The molecule has 0 atom stereocenters. The molecule has 11 heteroatoms. The fourth-order valence-electron chi connectivity index (χ4n) is 3.02. The molecule has 2 aromatic heterocycles. The third-order valence-electron chi connectivity index (χ3n) is 4.42. The van der Waals surface area contributed by atoms with Gasteiger partial charge in [-0.05, 0) is 12.1 Å². The summed E-state index contributed by atoms with van der Waals surface area (Å²) in [5, 5.41) is 11.0. The fraction of sp³-hybridized carbons (Fsp3) is 0.294. The van der Waals surface area contributed by atoms with Crippen LogP contribution in [0.25, 0.3) is 15.5 Å². The monoisotopic (exact) mass is 395 g/mol. The van der Waals surface area contributed by atoms with Crippen LogP contribution in [0.4, 0.5) is 11.5 Å². The van der Waals surface area contributed by atoms with Crippen LogP contribution < -0.4 is 32.3 Å². The Morgan fingerprint density at radius 1 is 1.36 bits per heavy atom. The minimum atomic E-state index is -0.381. The van der Waals surface area contributed by atoms with Crippen LogP contribution in [0.2, 0.25) is 0 Å². The van der Waals surface area contributed by atoms with Crippen molar-refractivity contribution in [3.05, 3.63) is 34.6 Å². The molecule has 0 aliphatic carbocycles. The van der Waals surface area contributed by atoms with E-state index in [0.29, 0.717) is 21.5 Å². The number of nitrogens with one attached hydrogen (secondary N) is 2. The zero-order valence-corrected chi connectivity index (χ0v) is 15.8. The van der Waals surface area contributed by atoms with Crippen molar-refractivity contribution < 1.29 is 4.79 Å². The summed E-state index contributed by atoms with van der Waals surface area (Å²) in [6.07, 6.45) is 0. The second kappa shape index (κ2) is 7.70. The third kappa shape index (κ3) is 3.51. The quantitative estimate of drug-likeness (QED) is 0.481. The number of aromatic nitrogens is 3. The molecule has 4 N–H and O–H groups in total.